The Labute approximate surface area is 181 Å². The van der Waals surface area contributed by atoms with Gasteiger partial charge in [-0.25, -0.2) is 0 Å². The first-order valence-corrected chi connectivity index (χ1v) is 8.99. The summed E-state index contributed by atoms with van der Waals surface area (Å²) in [5, 5.41) is 8.52. The third-order valence-electron chi connectivity index (χ3n) is 3.99. The Morgan fingerprint density at radius 2 is 0.955 bits per heavy atom. The molecular weight excluding hydrogens is 295 g/mol. The fourth-order valence-electron chi connectivity index (χ4n) is 2.65. The van der Waals surface area contributed by atoms with Gasteiger partial charge in [0.25, 0.3) is 0 Å². The molecule has 0 heterocycles. The summed E-state index contributed by atoms with van der Waals surface area (Å²) in [5.74, 6) is -0.653. The maximum atomic E-state index is 10.3. The number of carboxylic acids is 1. The molecule has 0 saturated carbocycles. The Balaban J connectivity index is -0.000000180. The Kier molecular flexibility index (Phi) is 31.2. The number of rotatable bonds is 16. The minimum atomic E-state index is -0.653. The molecule has 0 aromatic carbocycles. The largest absolute Gasteiger partial charge is 2.00 e. The molecule has 0 aromatic heterocycles. The quantitative estimate of drug-likeness (QED) is 0.347. The molecule has 0 radical (unpaired) electrons. The van der Waals surface area contributed by atoms with E-state index in [0.29, 0.717) is 6.42 Å². The standard InChI is InChI=1S/C18H36O2.Mg.Na.3H/c1-2-3-4-5-6-7-8-9-10-11-12-13-14-15-16-17-18(19)20;;;;;/h2-17H2,1H3,(H,19,20);;;;;/q;+2;+1;3*-1. The molecule has 0 aromatic rings. The smallest absolute Gasteiger partial charge is 1.00 e. The van der Waals surface area contributed by atoms with Gasteiger partial charge in [-0.15, -0.1) is 0 Å². The zero-order chi connectivity index (χ0) is 14.9. The van der Waals surface area contributed by atoms with E-state index in [0.717, 1.165) is 12.8 Å². The van der Waals surface area contributed by atoms with Gasteiger partial charge in [0, 0.05) is 6.42 Å². The van der Waals surface area contributed by atoms with Crippen LogP contribution in [0.5, 0.6) is 0 Å². The normalized spacial score (nSPS) is 9.86. The number of aliphatic carboxylic acids is 1. The number of carboxylic acid groups (broad SMARTS) is 1. The van der Waals surface area contributed by atoms with Gasteiger partial charge >= 0.3 is 58.6 Å². The zero-order valence-corrected chi connectivity index (χ0v) is 18.8. The first kappa shape index (κ1) is 28.1. The van der Waals surface area contributed by atoms with Gasteiger partial charge in [-0.1, -0.05) is 96.8 Å². The molecule has 1 N–H and O–H groups in total. The predicted molar refractivity (Wildman–Crippen MR) is 96.3 cm³/mol. The predicted octanol–water partition coefficient (Wildman–Crippen LogP) is 3.29. The van der Waals surface area contributed by atoms with Crippen molar-refractivity contribution in [2.24, 2.45) is 0 Å². The summed E-state index contributed by atoms with van der Waals surface area (Å²) < 4.78 is 0. The van der Waals surface area contributed by atoms with Gasteiger partial charge in [-0.05, 0) is 6.42 Å². The van der Waals surface area contributed by atoms with Crippen molar-refractivity contribution in [2.45, 2.75) is 110 Å². The topological polar surface area (TPSA) is 37.3 Å². The summed E-state index contributed by atoms with van der Waals surface area (Å²) >= 11 is 0. The molecule has 0 fully saturated rings. The molecular formula is C18H39MgNaO2. The van der Waals surface area contributed by atoms with Crippen molar-refractivity contribution in [3.05, 3.63) is 0 Å². The van der Waals surface area contributed by atoms with Crippen LogP contribution in [0.3, 0.4) is 0 Å². The molecule has 0 aliphatic carbocycles. The van der Waals surface area contributed by atoms with Crippen LogP contribution in [0.25, 0.3) is 0 Å². The van der Waals surface area contributed by atoms with Crippen LogP contribution >= 0.6 is 0 Å². The number of hydrogen-bond donors (Lipinski definition) is 1. The SMILES string of the molecule is CCCCCCCCCCCCCCCCCC(=O)O.[H-].[H-].[H-].[Mg+2].[Na+]. The molecule has 0 aliphatic rings. The molecule has 0 aliphatic heterocycles. The average molecular weight is 335 g/mol. The first-order chi connectivity index (χ1) is 9.77. The Bertz CT molecular complexity index is 226. The second-order valence-corrected chi connectivity index (χ2v) is 6.09. The molecule has 0 amide bonds. The zero-order valence-electron chi connectivity index (χ0n) is 18.4. The van der Waals surface area contributed by atoms with Crippen molar-refractivity contribution in [3.8, 4) is 0 Å². The van der Waals surface area contributed by atoms with Crippen molar-refractivity contribution < 1.29 is 43.7 Å². The molecule has 22 heavy (non-hydrogen) atoms. The van der Waals surface area contributed by atoms with E-state index < -0.39 is 5.97 Å². The molecule has 0 unspecified atom stereocenters. The van der Waals surface area contributed by atoms with E-state index >= 15 is 0 Å². The summed E-state index contributed by atoms with van der Waals surface area (Å²) in [6.45, 7) is 2.27. The van der Waals surface area contributed by atoms with Crippen LogP contribution in [0.1, 0.15) is 114 Å². The first-order valence-electron chi connectivity index (χ1n) is 8.99. The second-order valence-electron chi connectivity index (χ2n) is 6.09. The van der Waals surface area contributed by atoms with Gasteiger partial charge in [0.15, 0.2) is 0 Å². The maximum Gasteiger partial charge on any atom is 2.00 e. The molecule has 0 spiro atoms. The van der Waals surface area contributed by atoms with Crippen molar-refractivity contribution in [2.75, 3.05) is 0 Å². The number of hydrogen-bond acceptors (Lipinski definition) is 1. The summed E-state index contributed by atoms with van der Waals surface area (Å²) in [4.78, 5) is 10.3. The third-order valence-corrected chi connectivity index (χ3v) is 3.99. The minimum Gasteiger partial charge on any atom is -1.00 e. The van der Waals surface area contributed by atoms with Gasteiger partial charge in [-0.3, -0.25) is 4.79 Å². The fraction of sp³-hybridized carbons (Fsp3) is 0.944. The van der Waals surface area contributed by atoms with E-state index in [-0.39, 0.29) is 56.9 Å². The van der Waals surface area contributed by atoms with Crippen molar-refractivity contribution in [3.63, 3.8) is 0 Å². The molecule has 0 rings (SSSR count). The average Bonchev–Trinajstić information content (AvgIpc) is 2.43. The number of unbranched alkanes of at least 4 members (excludes halogenated alkanes) is 14. The summed E-state index contributed by atoms with van der Waals surface area (Å²) in [6.07, 6.45) is 20.2. The monoisotopic (exact) mass is 334 g/mol. The van der Waals surface area contributed by atoms with Crippen molar-refractivity contribution >= 4 is 29.0 Å². The van der Waals surface area contributed by atoms with E-state index in [9.17, 15) is 4.79 Å². The minimum absolute atomic E-state index is 0. The molecule has 0 bridgehead atoms. The second kappa shape index (κ2) is 24.5. The molecule has 2 nitrogen and oxygen atoms in total. The molecule has 4 heteroatoms. The van der Waals surface area contributed by atoms with Crippen molar-refractivity contribution in [1.82, 2.24) is 0 Å². The van der Waals surface area contributed by atoms with Crippen molar-refractivity contribution in [1.29, 1.82) is 0 Å². The Morgan fingerprint density at radius 3 is 1.23 bits per heavy atom. The summed E-state index contributed by atoms with van der Waals surface area (Å²) in [6, 6.07) is 0. The third kappa shape index (κ3) is 26.1. The van der Waals surface area contributed by atoms with Gasteiger partial charge in [0.05, 0.1) is 0 Å². The van der Waals surface area contributed by atoms with E-state index in [1.54, 1.807) is 0 Å². The van der Waals surface area contributed by atoms with Gasteiger partial charge in [0.2, 0.25) is 0 Å². The van der Waals surface area contributed by atoms with Crippen LogP contribution in [0.4, 0.5) is 0 Å². The number of carbonyl (C=O) groups is 1. The van der Waals surface area contributed by atoms with Crippen LogP contribution in [0.15, 0.2) is 0 Å². The summed E-state index contributed by atoms with van der Waals surface area (Å²) in [5.41, 5.74) is 0. The van der Waals surface area contributed by atoms with E-state index in [2.05, 4.69) is 6.92 Å². The summed E-state index contributed by atoms with van der Waals surface area (Å²) in [7, 11) is 0. The van der Waals surface area contributed by atoms with Crippen LogP contribution in [0, 0.1) is 0 Å². The van der Waals surface area contributed by atoms with Crippen LogP contribution < -0.4 is 29.6 Å². The van der Waals surface area contributed by atoms with Crippen LogP contribution in [0.2, 0.25) is 0 Å². The van der Waals surface area contributed by atoms with Gasteiger partial charge in [0.1, 0.15) is 0 Å². The molecule has 0 saturated heterocycles. The van der Waals surface area contributed by atoms with E-state index in [1.165, 1.54) is 83.5 Å². The molecule has 126 valence electrons. The van der Waals surface area contributed by atoms with Crippen LogP contribution in [-0.4, -0.2) is 34.1 Å². The Hall–Kier alpha value is 1.24. The van der Waals surface area contributed by atoms with Crippen LogP contribution in [-0.2, 0) is 4.79 Å². The molecule has 0 atom stereocenters. The van der Waals surface area contributed by atoms with E-state index in [1.807, 2.05) is 0 Å². The fourth-order valence-corrected chi connectivity index (χ4v) is 2.65. The Morgan fingerprint density at radius 1 is 0.682 bits per heavy atom. The maximum absolute atomic E-state index is 10.3. The van der Waals surface area contributed by atoms with Gasteiger partial charge < -0.3 is 9.39 Å². The van der Waals surface area contributed by atoms with E-state index in [4.69, 9.17) is 5.11 Å². The van der Waals surface area contributed by atoms with Gasteiger partial charge in [-0.2, -0.15) is 0 Å².